The molecule has 1 amide bonds. The highest BCUT2D eigenvalue weighted by Gasteiger charge is 2.23. The van der Waals surface area contributed by atoms with Crippen LogP contribution in [0.4, 0.5) is 4.79 Å². The molecule has 0 unspecified atom stereocenters. The van der Waals surface area contributed by atoms with Crippen molar-refractivity contribution in [1.82, 2.24) is 4.90 Å². The third-order valence-electron chi connectivity index (χ3n) is 2.77. The molecular formula is C15H17NO2. The normalized spacial score (nSPS) is 16.4. The van der Waals surface area contributed by atoms with Gasteiger partial charge in [0.1, 0.15) is 6.61 Å². The molecule has 1 aromatic rings. The predicted molar refractivity (Wildman–Crippen MR) is 72.0 cm³/mol. The van der Waals surface area contributed by atoms with Gasteiger partial charge in [0.2, 0.25) is 0 Å². The Morgan fingerprint density at radius 3 is 2.89 bits per heavy atom. The van der Waals surface area contributed by atoms with Crippen LogP contribution in [0.3, 0.4) is 0 Å². The number of benzene rings is 1. The Morgan fingerprint density at radius 2 is 2.28 bits per heavy atom. The van der Waals surface area contributed by atoms with Gasteiger partial charge in [-0.1, -0.05) is 35.9 Å². The van der Waals surface area contributed by atoms with Crippen molar-refractivity contribution in [3.05, 3.63) is 53.2 Å². The Labute approximate surface area is 107 Å². The van der Waals surface area contributed by atoms with Gasteiger partial charge in [0, 0.05) is 5.70 Å². The summed E-state index contributed by atoms with van der Waals surface area (Å²) in [6.07, 6.45) is 5.58. The summed E-state index contributed by atoms with van der Waals surface area (Å²) in [6.45, 7) is 5.06. The van der Waals surface area contributed by atoms with Gasteiger partial charge in [-0.25, -0.2) is 4.79 Å². The first-order valence-electron chi connectivity index (χ1n) is 6.06. The number of ether oxygens (including phenoxy) is 1. The van der Waals surface area contributed by atoms with E-state index in [9.17, 15) is 4.79 Å². The average Bonchev–Trinajstić information content (AvgIpc) is 2.75. The predicted octanol–water partition coefficient (Wildman–Crippen LogP) is 3.36. The largest absolute Gasteiger partial charge is 0.447 e. The van der Waals surface area contributed by atoms with Crippen LogP contribution in [0.5, 0.6) is 0 Å². The number of aryl methyl sites for hydroxylation is 1. The molecule has 1 aliphatic rings. The van der Waals surface area contributed by atoms with Crippen molar-refractivity contribution in [2.75, 3.05) is 13.2 Å². The molecule has 1 fully saturated rings. The maximum Gasteiger partial charge on any atom is 0.414 e. The molecule has 94 valence electrons. The van der Waals surface area contributed by atoms with E-state index in [2.05, 4.69) is 19.1 Å². The van der Waals surface area contributed by atoms with Crippen molar-refractivity contribution in [1.29, 1.82) is 0 Å². The van der Waals surface area contributed by atoms with Crippen LogP contribution in [0.25, 0.3) is 6.08 Å². The smallest absolute Gasteiger partial charge is 0.414 e. The van der Waals surface area contributed by atoms with Gasteiger partial charge in [0.15, 0.2) is 0 Å². The van der Waals surface area contributed by atoms with Crippen LogP contribution in [0.2, 0.25) is 0 Å². The summed E-state index contributed by atoms with van der Waals surface area (Å²) in [5, 5.41) is 0. The van der Waals surface area contributed by atoms with Crippen LogP contribution in [0.1, 0.15) is 18.1 Å². The molecule has 2 rings (SSSR count). The second-order valence-electron chi connectivity index (χ2n) is 4.25. The molecule has 1 aliphatic heterocycles. The fourth-order valence-electron chi connectivity index (χ4n) is 1.95. The third kappa shape index (κ3) is 2.80. The van der Waals surface area contributed by atoms with E-state index >= 15 is 0 Å². The van der Waals surface area contributed by atoms with Crippen molar-refractivity contribution in [2.45, 2.75) is 13.8 Å². The van der Waals surface area contributed by atoms with Gasteiger partial charge in [-0.3, -0.25) is 4.90 Å². The number of cyclic esters (lactones) is 1. The minimum atomic E-state index is -0.271. The average molecular weight is 243 g/mol. The van der Waals surface area contributed by atoms with E-state index in [0.29, 0.717) is 13.2 Å². The van der Waals surface area contributed by atoms with Crippen LogP contribution < -0.4 is 0 Å². The molecule has 3 nitrogen and oxygen atoms in total. The second-order valence-corrected chi connectivity index (χ2v) is 4.25. The van der Waals surface area contributed by atoms with Gasteiger partial charge in [0.05, 0.1) is 6.54 Å². The number of nitrogens with zero attached hydrogens (tertiary/aromatic N) is 1. The molecule has 3 heteroatoms. The number of hydrogen-bond donors (Lipinski definition) is 0. The van der Waals surface area contributed by atoms with E-state index in [1.165, 1.54) is 5.56 Å². The molecule has 0 N–H and O–H groups in total. The van der Waals surface area contributed by atoms with E-state index in [0.717, 1.165) is 11.3 Å². The first-order chi connectivity index (χ1) is 8.70. The summed E-state index contributed by atoms with van der Waals surface area (Å²) in [6, 6.07) is 8.18. The highest BCUT2D eigenvalue weighted by atomic mass is 16.6. The molecule has 1 heterocycles. The van der Waals surface area contributed by atoms with Crippen LogP contribution in [0, 0.1) is 6.92 Å². The maximum atomic E-state index is 11.6. The molecule has 0 atom stereocenters. The van der Waals surface area contributed by atoms with Gasteiger partial charge >= 0.3 is 6.09 Å². The van der Waals surface area contributed by atoms with E-state index in [-0.39, 0.29) is 6.09 Å². The zero-order valence-electron chi connectivity index (χ0n) is 10.7. The van der Waals surface area contributed by atoms with Gasteiger partial charge in [-0.05, 0) is 31.6 Å². The molecular weight excluding hydrogens is 226 g/mol. The summed E-state index contributed by atoms with van der Waals surface area (Å²) < 4.78 is 4.97. The molecule has 0 spiro atoms. The number of rotatable bonds is 3. The number of allylic oxidation sites excluding steroid dienone is 2. The summed E-state index contributed by atoms with van der Waals surface area (Å²) in [5.74, 6) is 0. The van der Waals surface area contributed by atoms with Gasteiger partial charge in [-0.15, -0.1) is 0 Å². The number of amides is 1. The minimum Gasteiger partial charge on any atom is -0.447 e. The molecule has 18 heavy (non-hydrogen) atoms. The molecule has 0 radical (unpaired) electrons. The highest BCUT2D eigenvalue weighted by Crippen LogP contribution is 2.17. The first kappa shape index (κ1) is 12.4. The summed E-state index contributed by atoms with van der Waals surface area (Å²) in [5.41, 5.74) is 3.15. The van der Waals surface area contributed by atoms with Crippen LogP contribution in [-0.2, 0) is 4.74 Å². The summed E-state index contributed by atoms with van der Waals surface area (Å²) in [7, 11) is 0. The third-order valence-corrected chi connectivity index (χ3v) is 2.77. The lowest BCUT2D eigenvalue weighted by Crippen LogP contribution is -2.22. The quantitative estimate of drug-likeness (QED) is 0.762. The van der Waals surface area contributed by atoms with Crippen molar-refractivity contribution in [2.24, 2.45) is 0 Å². The minimum absolute atomic E-state index is 0.271. The van der Waals surface area contributed by atoms with Crippen LogP contribution in [-0.4, -0.2) is 24.1 Å². The molecule has 1 aromatic carbocycles. The topological polar surface area (TPSA) is 29.5 Å². The molecule has 0 aliphatic carbocycles. The fourth-order valence-corrected chi connectivity index (χ4v) is 1.95. The van der Waals surface area contributed by atoms with Gasteiger partial charge in [0.25, 0.3) is 0 Å². The molecule has 0 aromatic heterocycles. The standard InChI is InChI=1S/C15H17NO2/c1-3-5-14(16-8-9-18-15(16)17)11-13-7-4-6-12(2)10-13/h3-7,10-11H,8-9H2,1-2H3/b5-3-,14-11+. The number of carbonyl (C=O) groups is 1. The van der Waals surface area contributed by atoms with Gasteiger partial charge < -0.3 is 4.74 Å². The zero-order chi connectivity index (χ0) is 13.0. The second kappa shape index (κ2) is 5.54. The first-order valence-corrected chi connectivity index (χ1v) is 6.06. The SMILES string of the molecule is C/C=C\C(=C/c1cccc(C)c1)N1CCOC1=O. The van der Waals surface area contributed by atoms with Crippen LogP contribution in [0.15, 0.2) is 42.1 Å². The monoisotopic (exact) mass is 243 g/mol. The van der Waals surface area contributed by atoms with Crippen LogP contribution >= 0.6 is 0 Å². The molecule has 0 bridgehead atoms. The Morgan fingerprint density at radius 1 is 1.44 bits per heavy atom. The molecule has 1 saturated heterocycles. The van der Waals surface area contributed by atoms with E-state index in [4.69, 9.17) is 4.74 Å². The Balaban J connectivity index is 2.32. The lowest BCUT2D eigenvalue weighted by Gasteiger charge is -2.14. The number of carbonyl (C=O) groups excluding carboxylic acids is 1. The summed E-state index contributed by atoms with van der Waals surface area (Å²) in [4.78, 5) is 13.2. The fraction of sp³-hybridized carbons (Fsp3) is 0.267. The van der Waals surface area contributed by atoms with Crippen molar-refractivity contribution < 1.29 is 9.53 Å². The van der Waals surface area contributed by atoms with E-state index in [1.807, 2.05) is 37.3 Å². The lowest BCUT2D eigenvalue weighted by molar-refractivity contribution is 0.165. The highest BCUT2D eigenvalue weighted by molar-refractivity contribution is 5.75. The number of hydrogen-bond acceptors (Lipinski definition) is 2. The lowest BCUT2D eigenvalue weighted by atomic mass is 10.1. The Hall–Kier alpha value is -2.03. The van der Waals surface area contributed by atoms with Gasteiger partial charge in [-0.2, -0.15) is 0 Å². The molecule has 0 saturated carbocycles. The maximum absolute atomic E-state index is 11.6. The summed E-state index contributed by atoms with van der Waals surface area (Å²) >= 11 is 0. The Bertz CT molecular complexity index is 503. The van der Waals surface area contributed by atoms with Crippen molar-refractivity contribution in [3.63, 3.8) is 0 Å². The van der Waals surface area contributed by atoms with Crippen molar-refractivity contribution >= 4 is 12.2 Å². The van der Waals surface area contributed by atoms with Crippen molar-refractivity contribution in [3.8, 4) is 0 Å². The van der Waals surface area contributed by atoms with E-state index in [1.54, 1.807) is 4.90 Å². The van der Waals surface area contributed by atoms with E-state index < -0.39 is 0 Å². The Kier molecular flexibility index (Phi) is 3.82. The zero-order valence-corrected chi connectivity index (χ0v) is 10.7.